The van der Waals surface area contributed by atoms with Crippen molar-refractivity contribution in [3.63, 3.8) is 0 Å². The van der Waals surface area contributed by atoms with Crippen molar-refractivity contribution in [1.29, 1.82) is 5.41 Å². The van der Waals surface area contributed by atoms with E-state index in [2.05, 4.69) is 36.4 Å². The number of rotatable bonds is 23. The lowest BCUT2D eigenvalue weighted by Crippen LogP contribution is -2.62. The monoisotopic (exact) mass is 1130 g/mol. The molecule has 3 fully saturated rings. The highest BCUT2D eigenvalue weighted by Gasteiger charge is 2.57. The summed E-state index contributed by atoms with van der Waals surface area (Å²) in [5, 5.41) is 23.7. The molecule has 2 aromatic carbocycles. The number of aromatic nitrogens is 1. The Labute approximate surface area is 459 Å². The van der Waals surface area contributed by atoms with E-state index in [0.29, 0.717) is 62.5 Å². The Morgan fingerprint density at radius 2 is 1.49 bits per heavy atom. The van der Waals surface area contributed by atoms with E-state index in [0.717, 1.165) is 83.6 Å². The molecule has 1 aromatic heterocycles. The average molecular weight is 1130 g/mol. The number of ketones is 1. The van der Waals surface area contributed by atoms with Crippen LogP contribution in [0.3, 0.4) is 0 Å². The first-order chi connectivity index (χ1) is 37.6. The van der Waals surface area contributed by atoms with Gasteiger partial charge in [-0.15, -0.1) is 0 Å². The maximum absolute atomic E-state index is 15.6. The number of alkyl halides is 6. The molecular weight excluding hydrogens is 1060 g/mol. The number of nitrogens with one attached hydrogen (secondary N) is 3. The molecule has 3 aliphatic heterocycles. The normalized spacial score (nSPS) is 18.8. The van der Waals surface area contributed by atoms with E-state index in [4.69, 9.17) is 20.9 Å². The number of aliphatic hydroxyl groups is 1. The number of anilines is 1. The summed E-state index contributed by atoms with van der Waals surface area (Å²) in [5.41, 5.74) is 0.990. The molecule has 2 unspecified atom stereocenters. The number of ether oxygens (including phenoxy) is 3. The third-order valence-electron chi connectivity index (χ3n) is 15.5. The largest absolute Gasteiger partial charge is 0.469 e. The van der Waals surface area contributed by atoms with E-state index in [9.17, 15) is 50.6 Å². The number of benzene rings is 2. The van der Waals surface area contributed by atoms with Crippen LogP contribution in [0.25, 0.3) is 5.70 Å². The van der Waals surface area contributed by atoms with E-state index >= 15 is 8.78 Å². The van der Waals surface area contributed by atoms with Gasteiger partial charge in [-0.25, -0.2) is 18.6 Å². The number of fused-ring (bicyclic) bond motifs is 2. The van der Waals surface area contributed by atoms with E-state index in [-0.39, 0.29) is 17.7 Å². The third kappa shape index (κ3) is 15.2. The van der Waals surface area contributed by atoms with Gasteiger partial charge in [-0.1, -0.05) is 37.8 Å². The highest BCUT2D eigenvalue weighted by Crippen LogP contribution is 2.46. The Morgan fingerprint density at radius 3 is 2.01 bits per heavy atom. The van der Waals surface area contributed by atoms with Gasteiger partial charge in [0.2, 0.25) is 5.91 Å². The van der Waals surface area contributed by atoms with Crippen LogP contribution in [-0.4, -0.2) is 153 Å². The molecule has 6 rings (SSSR count). The molecule has 2 amide bonds. The first-order valence-corrected chi connectivity index (χ1v) is 26.0. The Kier molecular flexibility index (Phi) is 20.5. The van der Waals surface area contributed by atoms with Crippen molar-refractivity contribution in [1.82, 2.24) is 25.4 Å². The molecule has 24 heteroatoms. The summed E-state index contributed by atoms with van der Waals surface area (Å²) in [4.78, 5) is 63.5. The van der Waals surface area contributed by atoms with Crippen molar-refractivity contribution in [2.45, 2.75) is 109 Å². The second-order valence-electron chi connectivity index (χ2n) is 21.6. The van der Waals surface area contributed by atoms with E-state index in [1.54, 1.807) is 30.5 Å². The summed E-state index contributed by atoms with van der Waals surface area (Å²) < 4.78 is 133. The van der Waals surface area contributed by atoms with Gasteiger partial charge in [0.25, 0.3) is 0 Å². The zero-order valence-electron chi connectivity index (χ0n) is 45.3. The average Bonchev–Trinajstić information content (AvgIpc) is 3.69. The SMILES string of the molecule is COC(=O)C[C@H](C(=O)NCN(CCc1c(F)cc(C(N)=CC=N)cc1F)C[C@H](O)[C@@H](CC(=O)[C@@H](NC(=O)OC)C(C)(C)C(F)(F)F)Cc1ccc(C#Cc2ccc(N3CC4CCC(C3)N4C3COC3)nc2)cc1)C(C)(C)C(F)(F)F. The topological polar surface area (TPSA) is 213 Å². The predicted molar refractivity (Wildman–Crippen MR) is 280 cm³/mol. The number of aliphatic hydroxyl groups excluding tert-OH is 1. The second-order valence-corrected chi connectivity index (χ2v) is 21.6. The van der Waals surface area contributed by atoms with Crippen molar-refractivity contribution in [2.24, 2.45) is 28.4 Å². The number of halogens is 8. The van der Waals surface area contributed by atoms with Crippen LogP contribution in [0.4, 0.5) is 45.7 Å². The number of amides is 2. The van der Waals surface area contributed by atoms with Gasteiger partial charge in [0.15, 0.2) is 5.78 Å². The molecule has 3 aromatic rings. The fourth-order valence-electron chi connectivity index (χ4n) is 10.2. The van der Waals surface area contributed by atoms with Crippen molar-refractivity contribution < 1.29 is 73.6 Å². The molecule has 16 nitrogen and oxygen atoms in total. The van der Waals surface area contributed by atoms with Crippen LogP contribution in [0.1, 0.15) is 81.2 Å². The minimum absolute atomic E-state index is 0.106. The van der Waals surface area contributed by atoms with Gasteiger partial charge in [-0.2, -0.15) is 26.3 Å². The minimum Gasteiger partial charge on any atom is -0.469 e. The van der Waals surface area contributed by atoms with Gasteiger partial charge in [-0.05, 0) is 93.5 Å². The lowest BCUT2D eigenvalue weighted by molar-refractivity contribution is -0.230. The molecule has 6 N–H and O–H groups in total. The highest BCUT2D eigenvalue weighted by molar-refractivity contribution is 5.88. The van der Waals surface area contributed by atoms with Gasteiger partial charge in [0, 0.05) is 85.0 Å². The number of nitrogens with two attached hydrogens (primary N) is 1. The van der Waals surface area contributed by atoms with E-state index in [1.807, 2.05) is 17.4 Å². The smallest absolute Gasteiger partial charge is 0.407 e. The number of Topliss-reactive ketones (excluding diaryl/α,β-unsaturated/α-hetero) is 1. The van der Waals surface area contributed by atoms with Crippen molar-refractivity contribution >= 4 is 41.5 Å². The molecule has 2 bridgehead atoms. The number of methoxy groups -OCH3 is 2. The van der Waals surface area contributed by atoms with Gasteiger partial charge in [-0.3, -0.25) is 24.2 Å². The summed E-state index contributed by atoms with van der Waals surface area (Å²) >= 11 is 0. The van der Waals surface area contributed by atoms with E-state index in [1.165, 1.54) is 4.90 Å². The van der Waals surface area contributed by atoms with Gasteiger partial charge >= 0.3 is 24.4 Å². The molecule has 0 aliphatic carbocycles. The van der Waals surface area contributed by atoms with Crippen molar-refractivity contribution in [3.8, 4) is 11.8 Å². The number of piperazine rings is 1. The summed E-state index contributed by atoms with van der Waals surface area (Å²) in [6.45, 7) is 4.26. The van der Waals surface area contributed by atoms with Crippen LogP contribution < -0.4 is 21.3 Å². The Hall–Kier alpha value is -6.68. The van der Waals surface area contributed by atoms with E-state index < -0.39 is 127 Å². The number of allylic oxidation sites excluding steroid dienone is 1. The Balaban J connectivity index is 1.27. The second kappa shape index (κ2) is 26.3. The molecule has 0 saturated carbocycles. The number of hydrogen-bond acceptors (Lipinski definition) is 14. The number of carbonyl (C=O) groups excluding carboxylic acids is 4. The molecule has 0 spiro atoms. The first kappa shape index (κ1) is 62.5. The fraction of sp³-hybridized carbons (Fsp3) is 0.536. The summed E-state index contributed by atoms with van der Waals surface area (Å²) in [7, 11) is 1.80. The van der Waals surface area contributed by atoms with Crippen LogP contribution in [0, 0.1) is 51.6 Å². The summed E-state index contributed by atoms with van der Waals surface area (Å²) in [6.07, 6.45) is -9.94. The number of nitrogens with zero attached hydrogens (tertiary/aromatic N) is 4. The maximum atomic E-state index is 15.6. The van der Waals surface area contributed by atoms with Crippen molar-refractivity contribution in [2.75, 3.05) is 65.2 Å². The van der Waals surface area contributed by atoms with Crippen molar-refractivity contribution in [3.05, 3.63) is 100 Å². The lowest BCUT2D eigenvalue weighted by atomic mass is 9.75. The number of alkyl carbamates (subject to hydrolysis) is 1. The van der Waals surface area contributed by atoms with Crippen LogP contribution in [0.15, 0.2) is 60.8 Å². The minimum atomic E-state index is -5.07. The predicted octanol–water partition coefficient (Wildman–Crippen LogP) is 6.94. The van der Waals surface area contributed by atoms with Gasteiger partial charge in [0.05, 0.1) is 69.4 Å². The summed E-state index contributed by atoms with van der Waals surface area (Å²) in [5.74, 6) is -2.18. The lowest BCUT2D eigenvalue weighted by Gasteiger charge is -2.47. The molecule has 436 valence electrons. The van der Waals surface area contributed by atoms with Crippen LogP contribution >= 0.6 is 0 Å². The van der Waals surface area contributed by atoms with Gasteiger partial charge < -0.3 is 46.0 Å². The number of carbonyl (C=O) groups is 4. The maximum Gasteiger partial charge on any atom is 0.407 e. The molecule has 80 heavy (non-hydrogen) atoms. The molecule has 4 heterocycles. The zero-order valence-corrected chi connectivity index (χ0v) is 45.3. The number of pyridine rings is 1. The summed E-state index contributed by atoms with van der Waals surface area (Å²) in [6, 6.07) is 11.2. The van der Waals surface area contributed by atoms with Gasteiger partial charge in [0.1, 0.15) is 23.5 Å². The molecule has 3 saturated heterocycles. The number of hydrogen-bond donors (Lipinski definition) is 5. The zero-order chi connectivity index (χ0) is 58.9. The first-order valence-electron chi connectivity index (χ1n) is 26.0. The van der Waals surface area contributed by atoms with Crippen LogP contribution in [-0.2, 0) is 41.4 Å². The molecule has 0 radical (unpaired) electrons. The Bertz CT molecular complexity index is 2740. The number of esters is 1. The third-order valence-corrected chi connectivity index (χ3v) is 15.5. The standard InChI is InChI=1S/C56H68F8N8O8/c1-53(2,55(59,60)61)42(25-49(75)78-5)51(76)68-32-70(20-18-41-43(57)22-36(23-44(41)58)45(66)17-19-65)29-47(74)37(24-46(73)50(69-52(77)79-6)54(3,4)56(62,63)64)21-34-10-7-33(8-11-34)9-12-35-13-16-48(67-26-35)71-27-38-14-15-39(28-71)72(38)40-30-80-31-40/h7-8,10-11,13,16-17,19,22-23,26,37-40,42,47,50,65,74H,14-15,18,20-21,24-25,27-32,66H2,1-6H3,(H,68,76)(H,69,77)/t37-,38?,39?,42-,47+,50-/m1/s1. The van der Waals surface area contributed by atoms with Crippen LogP contribution in [0.5, 0.6) is 0 Å². The van der Waals surface area contributed by atoms with Crippen LogP contribution in [0.2, 0.25) is 0 Å². The molecule has 3 aliphatic rings. The fourth-order valence-corrected chi connectivity index (χ4v) is 10.2. The Morgan fingerprint density at radius 1 is 0.887 bits per heavy atom. The molecular formula is C56H68F8N8O8. The molecule has 6 atom stereocenters. The quantitative estimate of drug-likeness (QED) is 0.0214. The highest BCUT2D eigenvalue weighted by atomic mass is 19.4.